The van der Waals surface area contributed by atoms with Crippen molar-refractivity contribution in [2.75, 3.05) is 14.2 Å². The molecule has 1 amide bonds. The molecule has 0 radical (unpaired) electrons. The van der Waals surface area contributed by atoms with E-state index in [1.807, 2.05) is 48.9 Å². The summed E-state index contributed by atoms with van der Waals surface area (Å²) in [5.41, 5.74) is 4.46. The van der Waals surface area contributed by atoms with Crippen LogP contribution >= 0.6 is 0 Å². The van der Waals surface area contributed by atoms with Crippen molar-refractivity contribution >= 4 is 12.0 Å². The second-order valence-corrected chi connectivity index (χ2v) is 6.82. The van der Waals surface area contributed by atoms with E-state index in [9.17, 15) is 9.18 Å². The van der Waals surface area contributed by atoms with Crippen molar-refractivity contribution in [3.05, 3.63) is 82.9 Å². The summed E-state index contributed by atoms with van der Waals surface area (Å²) in [7, 11) is 3.15. The average Bonchev–Trinajstić information content (AvgIpc) is 3.01. The lowest BCUT2D eigenvalue weighted by Crippen LogP contribution is -2.24. The number of aromatic nitrogens is 2. The van der Waals surface area contributed by atoms with Gasteiger partial charge in [0.15, 0.2) is 11.6 Å². The zero-order chi connectivity index (χ0) is 21.0. The first-order valence-electron chi connectivity index (χ1n) is 9.28. The summed E-state index contributed by atoms with van der Waals surface area (Å²) in [6, 6.07) is 14.5. The van der Waals surface area contributed by atoms with Crippen molar-refractivity contribution in [2.45, 2.75) is 20.4 Å². The van der Waals surface area contributed by atoms with E-state index in [1.54, 1.807) is 24.1 Å². The predicted molar refractivity (Wildman–Crippen MR) is 111 cm³/mol. The number of aryl methyl sites for hydroxylation is 1. The lowest BCUT2D eigenvalue weighted by Gasteiger charge is -2.15. The lowest BCUT2D eigenvalue weighted by molar-refractivity contribution is -0.125. The molecule has 0 aliphatic carbocycles. The van der Waals surface area contributed by atoms with Crippen LogP contribution in [0, 0.1) is 19.7 Å². The third-order valence-corrected chi connectivity index (χ3v) is 4.81. The van der Waals surface area contributed by atoms with Crippen LogP contribution in [0.1, 0.15) is 22.5 Å². The highest BCUT2D eigenvalue weighted by molar-refractivity contribution is 5.91. The fourth-order valence-electron chi connectivity index (χ4n) is 3.12. The molecular formula is C23H24FN3O2. The molecule has 0 aliphatic heterocycles. The highest BCUT2D eigenvalue weighted by atomic mass is 19.1. The Bertz CT molecular complexity index is 1040. The third kappa shape index (κ3) is 4.54. The molecule has 0 N–H and O–H groups in total. The Morgan fingerprint density at radius 1 is 1.21 bits per heavy atom. The molecule has 29 heavy (non-hydrogen) atoms. The summed E-state index contributed by atoms with van der Waals surface area (Å²) in [4.78, 5) is 14.1. The van der Waals surface area contributed by atoms with E-state index in [-0.39, 0.29) is 11.7 Å². The van der Waals surface area contributed by atoms with Crippen LogP contribution in [0.25, 0.3) is 11.8 Å². The summed E-state index contributed by atoms with van der Waals surface area (Å²) in [5, 5.41) is 4.62. The number of hydrogen-bond donors (Lipinski definition) is 0. The van der Waals surface area contributed by atoms with Gasteiger partial charge in [-0.3, -0.25) is 4.79 Å². The fourth-order valence-corrected chi connectivity index (χ4v) is 3.12. The van der Waals surface area contributed by atoms with Crippen molar-refractivity contribution in [3.8, 4) is 11.4 Å². The minimum absolute atomic E-state index is 0.173. The largest absolute Gasteiger partial charge is 0.494 e. The van der Waals surface area contributed by atoms with E-state index in [0.29, 0.717) is 12.1 Å². The Kier molecular flexibility index (Phi) is 6.12. The molecule has 0 saturated carbocycles. The molecule has 5 nitrogen and oxygen atoms in total. The molecule has 0 saturated heterocycles. The van der Waals surface area contributed by atoms with E-state index in [2.05, 4.69) is 5.10 Å². The first kappa shape index (κ1) is 20.3. The summed E-state index contributed by atoms with van der Waals surface area (Å²) in [6.45, 7) is 4.37. The van der Waals surface area contributed by atoms with Gasteiger partial charge in [-0.15, -0.1) is 0 Å². The summed E-state index contributed by atoms with van der Waals surface area (Å²) in [5.74, 6) is -0.463. The molecule has 1 heterocycles. The number of rotatable bonds is 6. The quantitative estimate of drug-likeness (QED) is 0.587. The topological polar surface area (TPSA) is 47.4 Å². The van der Waals surface area contributed by atoms with E-state index in [1.165, 1.54) is 25.3 Å². The normalized spacial score (nSPS) is 11.1. The number of ether oxygens (including phenoxy) is 1. The van der Waals surface area contributed by atoms with Gasteiger partial charge in [0.1, 0.15) is 0 Å². The minimum Gasteiger partial charge on any atom is -0.494 e. The predicted octanol–water partition coefficient (Wildman–Crippen LogP) is 4.31. The molecule has 0 bridgehead atoms. The number of amides is 1. The van der Waals surface area contributed by atoms with Crippen LogP contribution in [-0.2, 0) is 11.3 Å². The van der Waals surface area contributed by atoms with Crippen LogP contribution in [0.3, 0.4) is 0 Å². The molecule has 0 aliphatic rings. The Balaban J connectivity index is 1.73. The zero-order valence-electron chi connectivity index (χ0n) is 17.0. The van der Waals surface area contributed by atoms with Gasteiger partial charge in [-0.2, -0.15) is 5.10 Å². The summed E-state index contributed by atoms with van der Waals surface area (Å²) >= 11 is 0. The van der Waals surface area contributed by atoms with Gasteiger partial charge in [-0.05, 0) is 49.8 Å². The smallest absolute Gasteiger partial charge is 0.246 e. The maximum absolute atomic E-state index is 13.8. The van der Waals surface area contributed by atoms with Gasteiger partial charge in [0, 0.05) is 30.9 Å². The molecule has 1 aromatic heterocycles. The van der Waals surface area contributed by atoms with Crippen molar-refractivity contribution < 1.29 is 13.9 Å². The Morgan fingerprint density at radius 3 is 2.59 bits per heavy atom. The molecular weight excluding hydrogens is 369 g/mol. The monoisotopic (exact) mass is 393 g/mol. The van der Waals surface area contributed by atoms with Crippen LogP contribution in [-0.4, -0.2) is 34.7 Å². The molecule has 0 spiro atoms. The standard InChI is InChI=1S/C23H24FN3O2/c1-16-20(17(2)27(25-16)19-8-6-5-7-9-19)15-26(3)23(28)13-11-18-10-12-22(29-4)21(24)14-18/h5-14H,15H2,1-4H3. The molecule has 150 valence electrons. The maximum atomic E-state index is 13.8. The third-order valence-electron chi connectivity index (χ3n) is 4.81. The number of benzene rings is 2. The number of likely N-dealkylation sites (N-methyl/N-ethyl adjacent to an activating group) is 1. The van der Waals surface area contributed by atoms with Gasteiger partial charge in [0.2, 0.25) is 5.91 Å². The minimum atomic E-state index is -0.463. The summed E-state index contributed by atoms with van der Waals surface area (Å²) < 4.78 is 20.6. The molecule has 6 heteroatoms. The van der Waals surface area contributed by atoms with Crippen LogP contribution in [0.5, 0.6) is 5.75 Å². The van der Waals surface area contributed by atoms with Crippen molar-refractivity contribution in [2.24, 2.45) is 0 Å². The van der Waals surface area contributed by atoms with Crippen molar-refractivity contribution in [1.29, 1.82) is 0 Å². The second-order valence-electron chi connectivity index (χ2n) is 6.82. The van der Waals surface area contributed by atoms with Crippen LogP contribution in [0.15, 0.2) is 54.6 Å². The van der Waals surface area contributed by atoms with Gasteiger partial charge in [-0.1, -0.05) is 24.3 Å². The van der Waals surface area contributed by atoms with Gasteiger partial charge in [0.05, 0.1) is 18.5 Å². The van der Waals surface area contributed by atoms with Crippen molar-refractivity contribution in [3.63, 3.8) is 0 Å². The van der Waals surface area contributed by atoms with E-state index in [0.717, 1.165) is 22.6 Å². The maximum Gasteiger partial charge on any atom is 0.246 e. The average molecular weight is 393 g/mol. The zero-order valence-corrected chi connectivity index (χ0v) is 17.0. The fraction of sp³-hybridized carbons (Fsp3) is 0.217. The molecule has 2 aromatic carbocycles. The van der Waals surface area contributed by atoms with Crippen LogP contribution in [0.2, 0.25) is 0 Å². The molecule has 0 atom stereocenters. The number of para-hydroxylation sites is 1. The molecule has 3 rings (SSSR count). The molecule has 3 aromatic rings. The SMILES string of the molecule is COc1ccc(C=CC(=O)N(C)Cc2c(C)nn(-c3ccccc3)c2C)cc1F. The number of halogens is 1. The molecule has 0 fully saturated rings. The molecule has 0 unspecified atom stereocenters. The second kappa shape index (κ2) is 8.73. The van der Waals surface area contributed by atoms with Gasteiger partial charge < -0.3 is 9.64 Å². The lowest BCUT2D eigenvalue weighted by atomic mass is 10.1. The Hall–Kier alpha value is -3.41. The number of hydrogen-bond acceptors (Lipinski definition) is 3. The summed E-state index contributed by atoms with van der Waals surface area (Å²) in [6.07, 6.45) is 3.03. The Labute approximate surface area is 170 Å². The van der Waals surface area contributed by atoms with Gasteiger partial charge >= 0.3 is 0 Å². The first-order chi connectivity index (χ1) is 13.9. The van der Waals surface area contributed by atoms with Crippen LogP contribution in [0.4, 0.5) is 4.39 Å². The van der Waals surface area contributed by atoms with Gasteiger partial charge in [0.25, 0.3) is 0 Å². The van der Waals surface area contributed by atoms with Crippen molar-refractivity contribution in [1.82, 2.24) is 14.7 Å². The van der Waals surface area contributed by atoms with E-state index < -0.39 is 5.82 Å². The van der Waals surface area contributed by atoms with Crippen LogP contribution < -0.4 is 4.74 Å². The first-order valence-corrected chi connectivity index (χ1v) is 9.28. The van der Waals surface area contributed by atoms with Gasteiger partial charge in [-0.25, -0.2) is 9.07 Å². The van der Waals surface area contributed by atoms with E-state index in [4.69, 9.17) is 4.74 Å². The highest BCUT2D eigenvalue weighted by Crippen LogP contribution is 2.20. The number of methoxy groups -OCH3 is 1. The number of carbonyl (C=O) groups is 1. The van der Waals surface area contributed by atoms with E-state index >= 15 is 0 Å². The highest BCUT2D eigenvalue weighted by Gasteiger charge is 2.16. The number of nitrogens with zero attached hydrogens (tertiary/aromatic N) is 3. The Morgan fingerprint density at radius 2 is 1.93 bits per heavy atom. The number of carbonyl (C=O) groups excluding carboxylic acids is 1.